The summed E-state index contributed by atoms with van der Waals surface area (Å²) in [7, 11) is 4.19. The van der Waals surface area contributed by atoms with Crippen molar-refractivity contribution in [2.45, 2.75) is 25.7 Å². The summed E-state index contributed by atoms with van der Waals surface area (Å²) in [5.41, 5.74) is -0.854. The number of guanidine groups is 1. The first kappa shape index (κ1) is 19.9. The molecule has 142 valence electrons. The molecule has 1 aliphatic heterocycles. The Morgan fingerprint density at radius 2 is 2.12 bits per heavy atom. The van der Waals surface area contributed by atoms with Crippen molar-refractivity contribution in [3.63, 3.8) is 0 Å². The molecule has 0 aromatic carbocycles. The van der Waals surface area contributed by atoms with Crippen LogP contribution in [-0.4, -0.2) is 73.6 Å². The number of halogens is 3. The van der Waals surface area contributed by atoms with Crippen LogP contribution in [0.5, 0.6) is 0 Å². The number of alkyl halides is 3. The Bertz CT molecular complexity index is 574. The molecule has 1 aromatic rings. The third-order valence-corrected chi connectivity index (χ3v) is 4.88. The maximum absolute atomic E-state index is 12.6. The van der Waals surface area contributed by atoms with Crippen molar-refractivity contribution in [3.05, 3.63) is 16.1 Å². The lowest BCUT2D eigenvalue weighted by atomic mass is 10.2. The molecule has 1 atom stereocenters. The van der Waals surface area contributed by atoms with Gasteiger partial charge in [0.2, 0.25) is 0 Å². The predicted octanol–water partition coefficient (Wildman–Crippen LogP) is 1.46. The van der Waals surface area contributed by atoms with Gasteiger partial charge in [0.15, 0.2) is 11.7 Å². The van der Waals surface area contributed by atoms with Gasteiger partial charge in [-0.1, -0.05) is 0 Å². The number of likely N-dealkylation sites (N-methyl/N-ethyl adjacent to an activating group) is 2. The largest absolute Gasteiger partial charge is 0.434 e. The topological polar surface area (TPSA) is 55.8 Å². The molecule has 1 saturated heterocycles. The van der Waals surface area contributed by atoms with Gasteiger partial charge in [-0.05, 0) is 21.0 Å². The lowest BCUT2D eigenvalue weighted by Gasteiger charge is -2.37. The highest BCUT2D eigenvalue weighted by Crippen LogP contribution is 2.30. The monoisotopic (exact) mass is 378 g/mol. The molecular formula is C15H25F3N6S. The number of nitrogens with zero attached hydrogens (tertiary/aromatic N) is 4. The number of piperazine rings is 1. The quantitative estimate of drug-likeness (QED) is 0.600. The SMILES string of the molecule is CCNC(=NCc1nc(C(F)(F)F)cs1)NCC1CN(C)CCN1C. The Kier molecular flexibility index (Phi) is 7.03. The second kappa shape index (κ2) is 8.81. The Hall–Kier alpha value is -1.39. The van der Waals surface area contributed by atoms with Crippen molar-refractivity contribution in [1.29, 1.82) is 0 Å². The van der Waals surface area contributed by atoms with E-state index in [1.165, 1.54) is 0 Å². The second-order valence-corrected chi connectivity index (χ2v) is 7.04. The standard InChI is InChI=1S/C15H25F3N6S/c1-4-19-14(20-7-11-9-23(2)5-6-24(11)3)21-8-13-22-12(10-25-13)15(16,17)18/h10-11H,4-9H2,1-3H3,(H2,19,20,21). The average Bonchev–Trinajstić information content (AvgIpc) is 3.02. The van der Waals surface area contributed by atoms with E-state index in [1.54, 1.807) is 0 Å². The maximum Gasteiger partial charge on any atom is 0.434 e. The Balaban J connectivity index is 1.92. The fraction of sp³-hybridized carbons (Fsp3) is 0.733. The van der Waals surface area contributed by atoms with Gasteiger partial charge in [0.25, 0.3) is 0 Å². The Morgan fingerprint density at radius 1 is 1.36 bits per heavy atom. The van der Waals surface area contributed by atoms with Crippen LogP contribution in [0.3, 0.4) is 0 Å². The third kappa shape index (κ3) is 6.12. The zero-order chi connectivity index (χ0) is 18.4. The zero-order valence-electron chi connectivity index (χ0n) is 14.7. The van der Waals surface area contributed by atoms with Crippen molar-refractivity contribution in [1.82, 2.24) is 25.4 Å². The van der Waals surface area contributed by atoms with Crippen molar-refractivity contribution >= 4 is 17.3 Å². The maximum atomic E-state index is 12.6. The van der Waals surface area contributed by atoms with E-state index >= 15 is 0 Å². The number of hydrogen-bond acceptors (Lipinski definition) is 5. The van der Waals surface area contributed by atoms with E-state index < -0.39 is 11.9 Å². The van der Waals surface area contributed by atoms with Crippen LogP contribution in [0.4, 0.5) is 13.2 Å². The van der Waals surface area contributed by atoms with Crippen LogP contribution in [-0.2, 0) is 12.7 Å². The van der Waals surface area contributed by atoms with Crippen molar-refractivity contribution < 1.29 is 13.2 Å². The van der Waals surface area contributed by atoms with Crippen LogP contribution >= 0.6 is 11.3 Å². The smallest absolute Gasteiger partial charge is 0.357 e. The minimum Gasteiger partial charge on any atom is -0.357 e. The predicted molar refractivity (Wildman–Crippen MR) is 93.8 cm³/mol. The molecule has 0 saturated carbocycles. The van der Waals surface area contributed by atoms with Gasteiger partial charge >= 0.3 is 6.18 Å². The van der Waals surface area contributed by atoms with Gasteiger partial charge in [-0.2, -0.15) is 13.2 Å². The van der Waals surface area contributed by atoms with Gasteiger partial charge in [-0.3, -0.25) is 4.90 Å². The normalized spacial score (nSPS) is 20.7. The Morgan fingerprint density at radius 3 is 2.76 bits per heavy atom. The van der Waals surface area contributed by atoms with E-state index in [0.29, 0.717) is 23.6 Å². The van der Waals surface area contributed by atoms with Gasteiger partial charge in [-0.25, -0.2) is 9.98 Å². The summed E-state index contributed by atoms with van der Waals surface area (Å²) in [6.07, 6.45) is -4.40. The highest BCUT2D eigenvalue weighted by Gasteiger charge is 2.33. The molecule has 1 unspecified atom stereocenters. The van der Waals surface area contributed by atoms with Crippen LogP contribution in [0.25, 0.3) is 0 Å². The summed E-state index contributed by atoms with van der Waals surface area (Å²) in [6, 6.07) is 0.360. The molecule has 6 nitrogen and oxygen atoms in total. The van der Waals surface area contributed by atoms with Gasteiger partial charge in [0.1, 0.15) is 5.01 Å². The summed E-state index contributed by atoms with van der Waals surface area (Å²) in [5.74, 6) is 0.591. The summed E-state index contributed by atoms with van der Waals surface area (Å²) in [4.78, 5) is 12.5. The van der Waals surface area contributed by atoms with Crippen LogP contribution in [0.2, 0.25) is 0 Å². The molecule has 0 aliphatic carbocycles. The van der Waals surface area contributed by atoms with Crippen LogP contribution < -0.4 is 10.6 Å². The number of hydrogen-bond donors (Lipinski definition) is 2. The van der Waals surface area contributed by atoms with Crippen LogP contribution in [0, 0.1) is 0 Å². The second-order valence-electron chi connectivity index (χ2n) is 6.10. The van der Waals surface area contributed by atoms with Crippen LogP contribution in [0.15, 0.2) is 10.4 Å². The molecule has 0 spiro atoms. The first-order valence-corrected chi connectivity index (χ1v) is 9.10. The molecule has 1 aliphatic rings. The summed E-state index contributed by atoms with van der Waals surface area (Å²) in [6.45, 7) is 6.49. The molecular weight excluding hydrogens is 353 g/mol. The summed E-state index contributed by atoms with van der Waals surface area (Å²) >= 11 is 0.975. The van der Waals surface area contributed by atoms with Crippen molar-refractivity contribution in [3.8, 4) is 0 Å². The Labute approximate surface area is 150 Å². The summed E-state index contributed by atoms with van der Waals surface area (Å²) < 4.78 is 37.8. The third-order valence-electron chi connectivity index (χ3n) is 4.04. The molecule has 1 aromatic heterocycles. The van der Waals surface area contributed by atoms with E-state index in [9.17, 15) is 13.2 Å². The average molecular weight is 378 g/mol. The highest BCUT2D eigenvalue weighted by molar-refractivity contribution is 7.09. The van der Waals surface area contributed by atoms with E-state index in [-0.39, 0.29) is 6.54 Å². The lowest BCUT2D eigenvalue weighted by Crippen LogP contribution is -2.55. The molecule has 25 heavy (non-hydrogen) atoms. The number of rotatable bonds is 5. The number of aromatic nitrogens is 1. The molecule has 0 radical (unpaired) electrons. The molecule has 2 N–H and O–H groups in total. The number of nitrogens with one attached hydrogen (secondary N) is 2. The van der Waals surface area contributed by atoms with E-state index in [2.05, 4.69) is 44.5 Å². The first-order chi connectivity index (χ1) is 11.8. The molecule has 0 bridgehead atoms. The first-order valence-electron chi connectivity index (χ1n) is 8.22. The van der Waals surface area contributed by atoms with Crippen molar-refractivity contribution in [2.24, 2.45) is 4.99 Å². The molecule has 0 amide bonds. The number of thiazole rings is 1. The van der Waals surface area contributed by atoms with E-state index in [0.717, 1.165) is 42.9 Å². The minimum absolute atomic E-state index is 0.122. The van der Waals surface area contributed by atoms with Crippen molar-refractivity contribution in [2.75, 3.05) is 46.8 Å². The summed E-state index contributed by atoms with van der Waals surface area (Å²) in [5, 5.41) is 7.76. The van der Waals surface area contributed by atoms with E-state index in [4.69, 9.17) is 0 Å². The molecule has 10 heteroatoms. The highest BCUT2D eigenvalue weighted by atomic mass is 32.1. The molecule has 2 heterocycles. The molecule has 2 rings (SSSR count). The zero-order valence-corrected chi connectivity index (χ0v) is 15.5. The fourth-order valence-corrected chi connectivity index (χ4v) is 3.26. The lowest BCUT2D eigenvalue weighted by molar-refractivity contribution is -0.140. The van der Waals surface area contributed by atoms with Gasteiger partial charge < -0.3 is 15.5 Å². The van der Waals surface area contributed by atoms with Crippen LogP contribution in [0.1, 0.15) is 17.6 Å². The van der Waals surface area contributed by atoms with Gasteiger partial charge in [0.05, 0.1) is 6.54 Å². The van der Waals surface area contributed by atoms with Gasteiger partial charge in [-0.15, -0.1) is 11.3 Å². The molecule has 1 fully saturated rings. The minimum atomic E-state index is -4.40. The fourth-order valence-electron chi connectivity index (χ4n) is 2.54. The number of aliphatic imine (C=N–C) groups is 1. The van der Waals surface area contributed by atoms with E-state index in [1.807, 2.05) is 6.92 Å². The van der Waals surface area contributed by atoms with Gasteiger partial charge in [0, 0.05) is 44.1 Å².